The Bertz CT molecular complexity index is 866. The third-order valence-electron chi connectivity index (χ3n) is 4.47. The topological polar surface area (TPSA) is 93.7 Å². The van der Waals surface area contributed by atoms with Gasteiger partial charge in [-0.15, -0.1) is 0 Å². The monoisotopic (exact) mass is 398 g/mol. The summed E-state index contributed by atoms with van der Waals surface area (Å²) in [5.41, 5.74) is 2.09. The van der Waals surface area contributed by atoms with E-state index in [9.17, 15) is 14.4 Å². The molecule has 2 rings (SSSR count). The summed E-state index contributed by atoms with van der Waals surface area (Å²) in [7, 11) is 1.50. The number of ether oxygens (including phenoxy) is 2. The van der Waals surface area contributed by atoms with E-state index in [-0.39, 0.29) is 6.54 Å². The quantitative estimate of drug-likeness (QED) is 0.633. The lowest BCUT2D eigenvalue weighted by molar-refractivity contribution is -0.146. The number of carbonyl (C=O) groups is 3. The molecule has 0 aliphatic carbocycles. The van der Waals surface area contributed by atoms with Crippen LogP contribution < -0.4 is 15.4 Å². The minimum Gasteiger partial charge on any atom is -0.497 e. The van der Waals surface area contributed by atoms with Gasteiger partial charge in [0.1, 0.15) is 12.3 Å². The fourth-order valence-electron chi connectivity index (χ4n) is 2.66. The number of hydrogen-bond acceptors (Lipinski definition) is 5. The Hall–Kier alpha value is -3.35. The van der Waals surface area contributed by atoms with E-state index in [4.69, 9.17) is 9.47 Å². The molecule has 7 nitrogen and oxygen atoms in total. The van der Waals surface area contributed by atoms with Crippen molar-refractivity contribution in [2.45, 2.75) is 26.2 Å². The van der Waals surface area contributed by atoms with Crippen LogP contribution in [0.3, 0.4) is 0 Å². The normalized spacial score (nSPS) is 11.3. The van der Waals surface area contributed by atoms with Crippen LogP contribution in [0, 0.1) is 0 Å². The molecule has 0 bridgehead atoms. The Morgan fingerprint density at radius 1 is 1.07 bits per heavy atom. The number of amides is 2. The molecule has 0 aliphatic heterocycles. The molecule has 0 saturated heterocycles. The van der Waals surface area contributed by atoms with Gasteiger partial charge in [0.05, 0.1) is 7.11 Å². The zero-order chi connectivity index (χ0) is 21.2. The fraction of sp³-hybridized carbons (Fsp3) is 0.318. The van der Waals surface area contributed by atoms with Crippen LogP contribution >= 0.6 is 0 Å². The molecule has 0 fully saturated rings. The molecule has 0 heterocycles. The first-order valence-corrected chi connectivity index (χ1v) is 9.41. The average molecular weight is 398 g/mol. The summed E-state index contributed by atoms with van der Waals surface area (Å²) in [5, 5.41) is 5.22. The average Bonchev–Trinajstić information content (AvgIpc) is 2.75. The lowest BCUT2D eigenvalue weighted by Crippen LogP contribution is -2.32. The first-order valence-electron chi connectivity index (χ1n) is 9.41. The first kappa shape index (κ1) is 21.9. The molecule has 2 N–H and O–H groups in total. The van der Waals surface area contributed by atoms with Crippen molar-refractivity contribution in [3.05, 3.63) is 59.7 Å². The molecule has 154 valence electrons. The summed E-state index contributed by atoms with van der Waals surface area (Å²) in [6, 6.07) is 14.1. The van der Waals surface area contributed by atoms with E-state index in [0.717, 1.165) is 12.0 Å². The van der Waals surface area contributed by atoms with E-state index < -0.39 is 24.4 Å². The van der Waals surface area contributed by atoms with Gasteiger partial charge in [0, 0.05) is 11.3 Å². The highest BCUT2D eigenvalue weighted by atomic mass is 16.5. The number of rotatable bonds is 9. The second-order valence-electron chi connectivity index (χ2n) is 6.52. The molecule has 2 aromatic rings. The van der Waals surface area contributed by atoms with Crippen LogP contribution in [-0.4, -0.2) is 38.0 Å². The van der Waals surface area contributed by atoms with Crippen LogP contribution in [0.2, 0.25) is 0 Å². The van der Waals surface area contributed by atoms with Crippen molar-refractivity contribution in [3.8, 4) is 5.75 Å². The number of anilines is 1. The number of carbonyl (C=O) groups excluding carboxylic acids is 3. The Morgan fingerprint density at radius 3 is 2.55 bits per heavy atom. The summed E-state index contributed by atoms with van der Waals surface area (Å²) in [5.74, 6) is -0.747. The second-order valence-corrected chi connectivity index (χ2v) is 6.52. The molecule has 0 unspecified atom stereocenters. The maximum atomic E-state index is 12.1. The molecule has 1 atom stereocenters. The number of para-hydroxylation sites is 1. The molecular weight excluding hydrogens is 372 g/mol. The minimum atomic E-state index is -0.702. The third-order valence-corrected chi connectivity index (χ3v) is 4.47. The minimum absolute atomic E-state index is 0.292. The van der Waals surface area contributed by atoms with Gasteiger partial charge in [-0.05, 0) is 42.2 Å². The molecule has 0 radical (unpaired) electrons. The van der Waals surface area contributed by atoms with Gasteiger partial charge in [-0.3, -0.25) is 14.4 Å². The lowest BCUT2D eigenvalue weighted by atomic mass is 9.97. The summed E-state index contributed by atoms with van der Waals surface area (Å²) in [4.78, 5) is 36.0. The van der Waals surface area contributed by atoms with Crippen LogP contribution in [-0.2, 0) is 14.3 Å². The fourth-order valence-corrected chi connectivity index (χ4v) is 2.66. The van der Waals surface area contributed by atoms with Crippen LogP contribution in [0.25, 0.3) is 0 Å². The van der Waals surface area contributed by atoms with Gasteiger partial charge in [0.15, 0.2) is 6.61 Å². The zero-order valence-corrected chi connectivity index (χ0v) is 16.9. The molecular formula is C22H26N2O5. The maximum Gasteiger partial charge on any atom is 0.325 e. The Balaban J connectivity index is 1.80. The van der Waals surface area contributed by atoms with E-state index in [1.54, 1.807) is 24.3 Å². The van der Waals surface area contributed by atoms with Crippen LogP contribution in [0.15, 0.2) is 48.5 Å². The SMILES string of the molecule is CC[C@H](C)c1ccccc1NC(=O)COC(=O)CNC(=O)c1cccc(OC)c1. The van der Waals surface area contributed by atoms with Crippen molar-refractivity contribution in [1.29, 1.82) is 0 Å². The summed E-state index contributed by atoms with van der Waals surface area (Å²) in [6.07, 6.45) is 0.939. The predicted octanol–water partition coefficient (Wildman–Crippen LogP) is 3.12. The van der Waals surface area contributed by atoms with Gasteiger partial charge in [0.2, 0.25) is 0 Å². The molecule has 2 aromatic carbocycles. The standard InChI is InChI=1S/C22H26N2O5/c1-4-15(2)18-10-5-6-11-19(18)24-20(25)14-29-21(26)13-23-22(27)16-8-7-9-17(12-16)28-3/h5-12,15H,4,13-14H2,1-3H3,(H,23,27)(H,24,25)/t15-/m0/s1. The van der Waals surface area contributed by atoms with E-state index in [1.807, 2.05) is 24.3 Å². The van der Waals surface area contributed by atoms with Crippen molar-refractivity contribution >= 4 is 23.5 Å². The van der Waals surface area contributed by atoms with Crippen molar-refractivity contribution in [2.24, 2.45) is 0 Å². The van der Waals surface area contributed by atoms with E-state index in [2.05, 4.69) is 24.5 Å². The smallest absolute Gasteiger partial charge is 0.325 e. The Kier molecular flexibility index (Phi) is 8.21. The molecule has 29 heavy (non-hydrogen) atoms. The van der Waals surface area contributed by atoms with Gasteiger partial charge in [-0.2, -0.15) is 0 Å². The Morgan fingerprint density at radius 2 is 1.83 bits per heavy atom. The van der Waals surface area contributed by atoms with Gasteiger partial charge in [-0.25, -0.2) is 0 Å². The Labute approximate surface area is 170 Å². The van der Waals surface area contributed by atoms with Crippen LogP contribution in [0.4, 0.5) is 5.69 Å². The summed E-state index contributed by atoms with van der Waals surface area (Å²) < 4.78 is 10.0. The molecule has 2 amide bonds. The third kappa shape index (κ3) is 6.64. The number of hydrogen-bond donors (Lipinski definition) is 2. The number of esters is 1. The van der Waals surface area contributed by atoms with Crippen molar-refractivity contribution < 1.29 is 23.9 Å². The van der Waals surface area contributed by atoms with Crippen molar-refractivity contribution in [1.82, 2.24) is 5.32 Å². The maximum absolute atomic E-state index is 12.1. The number of methoxy groups -OCH3 is 1. The lowest BCUT2D eigenvalue weighted by Gasteiger charge is -2.15. The molecule has 7 heteroatoms. The van der Waals surface area contributed by atoms with Crippen LogP contribution in [0.1, 0.15) is 42.1 Å². The highest BCUT2D eigenvalue weighted by molar-refractivity contribution is 5.97. The molecule has 0 spiro atoms. The van der Waals surface area contributed by atoms with E-state index >= 15 is 0 Å². The first-order chi connectivity index (χ1) is 13.9. The van der Waals surface area contributed by atoms with Crippen molar-refractivity contribution in [2.75, 3.05) is 25.6 Å². The molecule has 0 saturated carbocycles. The number of benzene rings is 2. The largest absolute Gasteiger partial charge is 0.497 e. The zero-order valence-electron chi connectivity index (χ0n) is 16.9. The van der Waals surface area contributed by atoms with Crippen molar-refractivity contribution in [3.63, 3.8) is 0 Å². The molecule has 0 aliphatic rings. The van der Waals surface area contributed by atoms with E-state index in [0.29, 0.717) is 22.9 Å². The summed E-state index contributed by atoms with van der Waals surface area (Å²) in [6.45, 7) is 3.39. The summed E-state index contributed by atoms with van der Waals surface area (Å²) >= 11 is 0. The highest BCUT2D eigenvalue weighted by Crippen LogP contribution is 2.26. The highest BCUT2D eigenvalue weighted by Gasteiger charge is 2.14. The van der Waals surface area contributed by atoms with Gasteiger partial charge < -0.3 is 20.1 Å². The predicted molar refractivity (Wildman–Crippen MR) is 110 cm³/mol. The molecule has 0 aromatic heterocycles. The van der Waals surface area contributed by atoms with Gasteiger partial charge >= 0.3 is 5.97 Å². The van der Waals surface area contributed by atoms with Crippen LogP contribution in [0.5, 0.6) is 5.75 Å². The second kappa shape index (κ2) is 10.8. The van der Waals surface area contributed by atoms with E-state index in [1.165, 1.54) is 7.11 Å². The van der Waals surface area contributed by atoms with Gasteiger partial charge in [-0.1, -0.05) is 38.1 Å². The number of nitrogens with one attached hydrogen (secondary N) is 2. The van der Waals surface area contributed by atoms with Gasteiger partial charge in [0.25, 0.3) is 11.8 Å².